The molecule has 43 heavy (non-hydrogen) atoms. The van der Waals surface area contributed by atoms with Gasteiger partial charge in [0.25, 0.3) is 10.0 Å². The Labute approximate surface area is 262 Å². The summed E-state index contributed by atoms with van der Waals surface area (Å²) >= 11 is 12.3. The van der Waals surface area contributed by atoms with E-state index in [2.05, 4.69) is 5.32 Å². The van der Waals surface area contributed by atoms with Crippen molar-refractivity contribution in [2.75, 3.05) is 24.0 Å². The quantitative estimate of drug-likeness (QED) is 0.221. The van der Waals surface area contributed by atoms with Gasteiger partial charge in [0.2, 0.25) is 11.8 Å². The van der Waals surface area contributed by atoms with Crippen LogP contribution in [-0.4, -0.2) is 50.9 Å². The number of rotatable bonds is 14. The van der Waals surface area contributed by atoms with E-state index in [0.29, 0.717) is 29.5 Å². The average Bonchev–Trinajstić information content (AvgIpc) is 2.97. The Kier molecular flexibility index (Phi) is 12.2. The minimum atomic E-state index is -4.32. The van der Waals surface area contributed by atoms with Crippen LogP contribution in [0.3, 0.4) is 0 Å². The van der Waals surface area contributed by atoms with Crippen molar-refractivity contribution in [3.05, 3.63) is 88.2 Å². The van der Waals surface area contributed by atoms with Crippen molar-refractivity contribution < 1.29 is 27.1 Å². The Balaban J connectivity index is 2.05. The van der Waals surface area contributed by atoms with E-state index in [4.69, 9.17) is 27.9 Å². The van der Waals surface area contributed by atoms with Crippen LogP contribution in [0.4, 0.5) is 10.1 Å². The third-order valence-electron chi connectivity index (χ3n) is 6.52. The molecule has 2 amide bonds. The van der Waals surface area contributed by atoms with Gasteiger partial charge in [-0.15, -0.1) is 0 Å². The second kappa shape index (κ2) is 15.4. The van der Waals surface area contributed by atoms with Gasteiger partial charge in [-0.05, 0) is 85.5 Å². The normalized spacial score (nSPS) is 12.1. The lowest BCUT2D eigenvalue weighted by atomic mass is 10.1. The number of nitrogens with zero attached hydrogens (tertiary/aromatic N) is 2. The van der Waals surface area contributed by atoms with Gasteiger partial charge in [0, 0.05) is 13.1 Å². The van der Waals surface area contributed by atoms with Crippen LogP contribution in [0.25, 0.3) is 0 Å². The Morgan fingerprint density at radius 1 is 0.953 bits per heavy atom. The number of hydrogen-bond donors (Lipinski definition) is 1. The van der Waals surface area contributed by atoms with E-state index in [-0.39, 0.29) is 40.4 Å². The van der Waals surface area contributed by atoms with Crippen LogP contribution in [0.5, 0.6) is 5.75 Å². The molecule has 0 aliphatic heterocycles. The number of hydrogen-bond acceptors (Lipinski definition) is 5. The fourth-order valence-corrected chi connectivity index (χ4v) is 6.05. The van der Waals surface area contributed by atoms with E-state index >= 15 is 0 Å². The molecular formula is C31H36Cl2FN3O5S. The van der Waals surface area contributed by atoms with E-state index in [1.807, 2.05) is 20.8 Å². The molecule has 3 aromatic carbocycles. The minimum absolute atomic E-state index is 0.0380. The van der Waals surface area contributed by atoms with Crippen molar-refractivity contribution in [3.8, 4) is 5.75 Å². The maximum absolute atomic E-state index is 14.1. The highest BCUT2D eigenvalue weighted by Gasteiger charge is 2.34. The van der Waals surface area contributed by atoms with Gasteiger partial charge in [-0.2, -0.15) is 0 Å². The predicted octanol–water partition coefficient (Wildman–Crippen LogP) is 6.31. The lowest BCUT2D eigenvalue weighted by Gasteiger charge is -2.33. The highest BCUT2D eigenvalue weighted by atomic mass is 35.5. The number of anilines is 1. The first kappa shape index (κ1) is 34.2. The van der Waals surface area contributed by atoms with Crippen molar-refractivity contribution in [3.63, 3.8) is 0 Å². The number of halogens is 3. The molecule has 0 radical (unpaired) electrons. The fourth-order valence-electron chi connectivity index (χ4n) is 4.31. The third kappa shape index (κ3) is 9.08. The Morgan fingerprint density at radius 3 is 2.16 bits per heavy atom. The van der Waals surface area contributed by atoms with Crippen LogP contribution in [-0.2, 0) is 26.2 Å². The van der Waals surface area contributed by atoms with Gasteiger partial charge in [0.05, 0.1) is 27.2 Å². The first-order valence-corrected chi connectivity index (χ1v) is 16.1. The first-order valence-electron chi connectivity index (χ1n) is 13.9. The first-order chi connectivity index (χ1) is 20.4. The zero-order valence-electron chi connectivity index (χ0n) is 24.5. The lowest BCUT2D eigenvalue weighted by molar-refractivity contribution is -0.140. The molecule has 8 nitrogen and oxygen atoms in total. The van der Waals surface area contributed by atoms with Crippen LogP contribution in [0.2, 0.25) is 10.0 Å². The topological polar surface area (TPSA) is 96.0 Å². The summed E-state index contributed by atoms with van der Waals surface area (Å²) in [6.45, 7) is 7.59. The molecular weight excluding hydrogens is 616 g/mol. The number of carbonyl (C=O) groups is 2. The number of sulfonamides is 1. The standard InChI is InChI=1S/C31H36Cl2FN3O5S/c1-5-29(31(39)35-18-21(3)4)36(19-22-7-16-27(32)28(33)17-22)30(38)20-37(24-10-8-23(34)9-11-24)43(40,41)26-14-12-25(13-15-26)42-6-2/h7-17,21,29H,5-6,18-20H2,1-4H3,(H,35,39)/t29-/m1/s1. The summed E-state index contributed by atoms with van der Waals surface area (Å²) in [5.41, 5.74) is 0.677. The molecule has 0 spiro atoms. The van der Waals surface area contributed by atoms with Crippen molar-refractivity contribution in [1.82, 2.24) is 10.2 Å². The molecule has 0 saturated heterocycles. The molecule has 1 atom stereocenters. The van der Waals surface area contributed by atoms with Crippen LogP contribution in [0, 0.1) is 11.7 Å². The second-order valence-electron chi connectivity index (χ2n) is 10.2. The fraction of sp³-hybridized carbons (Fsp3) is 0.355. The van der Waals surface area contributed by atoms with Gasteiger partial charge in [0.1, 0.15) is 24.2 Å². The van der Waals surface area contributed by atoms with E-state index in [1.165, 1.54) is 41.3 Å². The summed E-state index contributed by atoms with van der Waals surface area (Å²) in [5.74, 6) is -0.919. The van der Waals surface area contributed by atoms with Gasteiger partial charge < -0.3 is 15.0 Å². The Bertz CT molecular complexity index is 1500. The molecule has 0 bridgehead atoms. The van der Waals surface area contributed by atoms with Gasteiger partial charge in [-0.25, -0.2) is 12.8 Å². The summed E-state index contributed by atoms with van der Waals surface area (Å²) in [4.78, 5) is 28.6. The molecule has 232 valence electrons. The van der Waals surface area contributed by atoms with Crippen LogP contribution < -0.4 is 14.4 Å². The van der Waals surface area contributed by atoms with Crippen molar-refractivity contribution in [1.29, 1.82) is 0 Å². The van der Waals surface area contributed by atoms with Crippen molar-refractivity contribution >= 4 is 50.7 Å². The summed E-state index contributed by atoms with van der Waals surface area (Å²) in [7, 11) is -4.32. The summed E-state index contributed by atoms with van der Waals surface area (Å²) in [6.07, 6.45) is 0.263. The smallest absolute Gasteiger partial charge is 0.264 e. The average molecular weight is 653 g/mol. The van der Waals surface area contributed by atoms with E-state index < -0.39 is 34.3 Å². The highest BCUT2D eigenvalue weighted by molar-refractivity contribution is 7.92. The number of carbonyl (C=O) groups excluding carboxylic acids is 2. The minimum Gasteiger partial charge on any atom is -0.494 e. The van der Waals surface area contributed by atoms with Gasteiger partial charge >= 0.3 is 0 Å². The van der Waals surface area contributed by atoms with E-state index in [1.54, 1.807) is 25.1 Å². The van der Waals surface area contributed by atoms with Crippen molar-refractivity contribution in [2.45, 2.75) is 51.6 Å². The molecule has 0 aliphatic rings. The molecule has 0 aliphatic carbocycles. The molecule has 3 aromatic rings. The molecule has 1 N–H and O–H groups in total. The van der Waals surface area contributed by atoms with E-state index in [9.17, 15) is 22.4 Å². The molecule has 0 saturated carbocycles. The Morgan fingerprint density at radius 2 is 1.60 bits per heavy atom. The summed E-state index contributed by atoms with van der Waals surface area (Å²) in [6, 6.07) is 14.5. The molecule has 0 heterocycles. The van der Waals surface area contributed by atoms with Crippen molar-refractivity contribution in [2.24, 2.45) is 5.92 Å². The molecule has 0 unspecified atom stereocenters. The van der Waals surface area contributed by atoms with Crippen LogP contribution in [0.15, 0.2) is 71.6 Å². The Hall–Kier alpha value is -3.34. The monoisotopic (exact) mass is 651 g/mol. The van der Waals surface area contributed by atoms with Crippen LogP contribution >= 0.6 is 23.2 Å². The summed E-state index contributed by atoms with van der Waals surface area (Å²) < 4.78 is 48.1. The molecule has 12 heteroatoms. The predicted molar refractivity (Wildman–Crippen MR) is 167 cm³/mol. The highest BCUT2D eigenvalue weighted by Crippen LogP contribution is 2.28. The summed E-state index contributed by atoms with van der Waals surface area (Å²) in [5, 5.41) is 3.47. The number of amides is 2. The lowest BCUT2D eigenvalue weighted by Crippen LogP contribution is -2.52. The zero-order chi connectivity index (χ0) is 31.7. The second-order valence-corrected chi connectivity index (χ2v) is 12.9. The molecule has 3 rings (SSSR count). The van der Waals surface area contributed by atoms with Gasteiger partial charge in [-0.3, -0.25) is 13.9 Å². The van der Waals surface area contributed by atoms with Gasteiger partial charge in [-0.1, -0.05) is 50.0 Å². The SMILES string of the molecule is CCOc1ccc(S(=O)(=O)N(CC(=O)N(Cc2ccc(Cl)c(Cl)c2)[C@H](CC)C(=O)NCC(C)C)c2ccc(F)cc2)cc1. The molecule has 0 aromatic heterocycles. The number of benzene rings is 3. The number of nitrogens with one attached hydrogen (secondary N) is 1. The van der Waals surface area contributed by atoms with Gasteiger partial charge in [0.15, 0.2) is 0 Å². The molecule has 0 fully saturated rings. The van der Waals surface area contributed by atoms with Crippen LogP contribution in [0.1, 0.15) is 39.7 Å². The number of ether oxygens (including phenoxy) is 1. The largest absolute Gasteiger partial charge is 0.494 e. The maximum atomic E-state index is 14.1. The van der Waals surface area contributed by atoms with E-state index in [0.717, 1.165) is 16.4 Å². The third-order valence-corrected chi connectivity index (χ3v) is 9.05. The maximum Gasteiger partial charge on any atom is 0.264 e. The zero-order valence-corrected chi connectivity index (χ0v) is 26.8.